The smallest absolute Gasteiger partial charge is 0.162 e. The average Bonchev–Trinajstić information content (AvgIpc) is 2.48. The highest BCUT2D eigenvalue weighted by Gasteiger charge is 2.07. The standard InChI is InChI=1S/C17H17BrO2/c1-20-17-11-10-15(18)12-14(17)8-5-9-16(19)13-6-3-2-4-7-13/h2-4,6-7,10-12H,5,8-9H2,1H3. The molecule has 0 heterocycles. The van der Waals surface area contributed by atoms with Crippen LogP contribution in [0.25, 0.3) is 0 Å². The molecule has 0 spiro atoms. The lowest BCUT2D eigenvalue weighted by molar-refractivity contribution is 0.0980. The van der Waals surface area contributed by atoms with Gasteiger partial charge in [0.15, 0.2) is 5.78 Å². The highest BCUT2D eigenvalue weighted by atomic mass is 79.9. The number of hydrogen-bond donors (Lipinski definition) is 0. The number of halogens is 1. The largest absolute Gasteiger partial charge is 0.496 e. The van der Waals surface area contributed by atoms with Gasteiger partial charge in [0, 0.05) is 16.5 Å². The van der Waals surface area contributed by atoms with E-state index < -0.39 is 0 Å². The molecule has 0 radical (unpaired) electrons. The maximum Gasteiger partial charge on any atom is 0.162 e. The van der Waals surface area contributed by atoms with Crippen molar-refractivity contribution in [1.29, 1.82) is 0 Å². The van der Waals surface area contributed by atoms with Crippen molar-refractivity contribution in [1.82, 2.24) is 0 Å². The number of ether oxygens (including phenoxy) is 1. The summed E-state index contributed by atoms with van der Waals surface area (Å²) in [4.78, 5) is 12.0. The summed E-state index contributed by atoms with van der Waals surface area (Å²) in [5.41, 5.74) is 1.91. The maximum absolute atomic E-state index is 12.0. The molecule has 0 saturated heterocycles. The van der Waals surface area contributed by atoms with E-state index in [1.54, 1.807) is 7.11 Å². The van der Waals surface area contributed by atoms with Crippen molar-refractivity contribution in [2.75, 3.05) is 7.11 Å². The molecule has 2 rings (SSSR count). The van der Waals surface area contributed by atoms with E-state index in [-0.39, 0.29) is 5.78 Å². The van der Waals surface area contributed by atoms with E-state index in [1.165, 1.54) is 0 Å². The number of aryl methyl sites for hydroxylation is 1. The molecule has 104 valence electrons. The van der Waals surface area contributed by atoms with Crippen molar-refractivity contribution >= 4 is 21.7 Å². The minimum atomic E-state index is 0.194. The number of ketones is 1. The van der Waals surface area contributed by atoms with Crippen LogP contribution in [0, 0.1) is 0 Å². The summed E-state index contributed by atoms with van der Waals surface area (Å²) in [5.74, 6) is 1.07. The van der Waals surface area contributed by atoms with Gasteiger partial charge in [-0.1, -0.05) is 46.3 Å². The summed E-state index contributed by atoms with van der Waals surface area (Å²) >= 11 is 3.46. The summed E-state index contributed by atoms with van der Waals surface area (Å²) in [6, 6.07) is 15.4. The number of benzene rings is 2. The average molecular weight is 333 g/mol. The molecule has 0 bridgehead atoms. The quantitative estimate of drug-likeness (QED) is 0.719. The summed E-state index contributed by atoms with van der Waals surface area (Å²) in [5, 5.41) is 0. The SMILES string of the molecule is COc1ccc(Br)cc1CCCC(=O)c1ccccc1. The fraction of sp³-hybridized carbons (Fsp3) is 0.235. The Labute approximate surface area is 127 Å². The number of rotatable bonds is 6. The Morgan fingerprint density at radius 2 is 1.90 bits per heavy atom. The lowest BCUT2D eigenvalue weighted by atomic mass is 10.0. The highest BCUT2D eigenvalue weighted by molar-refractivity contribution is 9.10. The molecule has 0 fully saturated rings. The van der Waals surface area contributed by atoms with Gasteiger partial charge in [-0.3, -0.25) is 4.79 Å². The van der Waals surface area contributed by atoms with Crippen LogP contribution in [-0.2, 0) is 6.42 Å². The van der Waals surface area contributed by atoms with Crippen molar-refractivity contribution in [3.63, 3.8) is 0 Å². The third-order valence-electron chi connectivity index (χ3n) is 3.19. The fourth-order valence-corrected chi connectivity index (χ4v) is 2.56. The topological polar surface area (TPSA) is 26.3 Å². The third kappa shape index (κ3) is 3.94. The summed E-state index contributed by atoms with van der Waals surface area (Å²) < 4.78 is 6.37. The molecule has 2 aromatic carbocycles. The second-order valence-corrected chi connectivity index (χ2v) is 5.51. The molecule has 20 heavy (non-hydrogen) atoms. The monoisotopic (exact) mass is 332 g/mol. The zero-order valence-corrected chi connectivity index (χ0v) is 13.0. The number of Topliss-reactive ketones (excluding diaryl/α,β-unsaturated/α-hetero) is 1. The Balaban J connectivity index is 1.93. The molecule has 2 nitrogen and oxygen atoms in total. The Morgan fingerprint density at radius 3 is 2.60 bits per heavy atom. The van der Waals surface area contributed by atoms with Gasteiger partial charge in [0.2, 0.25) is 0 Å². The van der Waals surface area contributed by atoms with Gasteiger partial charge in [-0.15, -0.1) is 0 Å². The second-order valence-electron chi connectivity index (χ2n) is 4.60. The van der Waals surface area contributed by atoms with Crippen LogP contribution in [0.1, 0.15) is 28.8 Å². The molecule has 0 amide bonds. The normalized spacial score (nSPS) is 10.3. The maximum atomic E-state index is 12.0. The third-order valence-corrected chi connectivity index (χ3v) is 3.68. The Bertz CT molecular complexity index is 579. The molecule has 0 aliphatic rings. The zero-order chi connectivity index (χ0) is 14.4. The van der Waals surface area contributed by atoms with Gasteiger partial charge in [-0.25, -0.2) is 0 Å². The van der Waals surface area contributed by atoms with E-state index in [4.69, 9.17) is 4.74 Å². The van der Waals surface area contributed by atoms with E-state index in [1.807, 2.05) is 48.5 Å². The molecule has 0 aliphatic carbocycles. The van der Waals surface area contributed by atoms with E-state index >= 15 is 0 Å². The van der Waals surface area contributed by atoms with Crippen LogP contribution in [0.3, 0.4) is 0 Å². The van der Waals surface area contributed by atoms with Crippen molar-refractivity contribution in [2.24, 2.45) is 0 Å². The lowest BCUT2D eigenvalue weighted by Gasteiger charge is -2.08. The van der Waals surface area contributed by atoms with Crippen LogP contribution in [0.5, 0.6) is 5.75 Å². The molecule has 0 atom stereocenters. The predicted octanol–water partition coefficient (Wildman–Crippen LogP) is 4.66. The first kappa shape index (κ1) is 14.8. The van der Waals surface area contributed by atoms with Crippen molar-refractivity contribution in [2.45, 2.75) is 19.3 Å². The van der Waals surface area contributed by atoms with E-state index in [2.05, 4.69) is 15.9 Å². The van der Waals surface area contributed by atoms with Gasteiger partial charge in [0.1, 0.15) is 5.75 Å². The minimum absolute atomic E-state index is 0.194. The van der Waals surface area contributed by atoms with Gasteiger partial charge >= 0.3 is 0 Å². The predicted molar refractivity (Wildman–Crippen MR) is 84.4 cm³/mol. The first-order valence-corrected chi connectivity index (χ1v) is 7.40. The van der Waals surface area contributed by atoms with Gasteiger partial charge in [0.05, 0.1) is 7.11 Å². The van der Waals surface area contributed by atoms with Gasteiger partial charge in [0.25, 0.3) is 0 Å². The Morgan fingerprint density at radius 1 is 1.15 bits per heavy atom. The first-order chi connectivity index (χ1) is 9.70. The molecular weight excluding hydrogens is 316 g/mol. The van der Waals surface area contributed by atoms with Crippen LogP contribution in [0.4, 0.5) is 0 Å². The summed E-state index contributed by atoms with van der Waals surface area (Å²) in [6.07, 6.45) is 2.21. The van der Waals surface area contributed by atoms with Gasteiger partial charge in [-0.05, 0) is 36.6 Å². The van der Waals surface area contributed by atoms with Crippen molar-refractivity contribution in [3.8, 4) is 5.75 Å². The van der Waals surface area contributed by atoms with Crippen LogP contribution in [0.15, 0.2) is 53.0 Å². The second kappa shape index (κ2) is 7.25. The highest BCUT2D eigenvalue weighted by Crippen LogP contribution is 2.24. The van der Waals surface area contributed by atoms with E-state index in [0.717, 1.165) is 34.2 Å². The number of carbonyl (C=O) groups is 1. The molecule has 0 aromatic heterocycles. The summed E-state index contributed by atoms with van der Waals surface area (Å²) in [6.45, 7) is 0. The summed E-state index contributed by atoms with van der Waals surface area (Å²) in [7, 11) is 1.67. The number of hydrogen-bond acceptors (Lipinski definition) is 2. The van der Waals surface area contributed by atoms with Crippen LogP contribution >= 0.6 is 15.9 Å². The van der Waals surface area contributed by atoms with E-state index in [9.17, 15) is 4.79 Å². The van der Waals surface area contributed by atoms with Crippen LogP contribution < -0.4 is 4.74 Å². The number of carbonyl (C=O) groups excluding carboxylic acids is 1. The molecule has 0 aliphatic heterocycles. The fourth-order valence-electron chi connectivity index (χ4n) is 2.15. The lowest BCUT2D eigenvalue weighted by Crippen LogP contribution is -2.00. The number of methoxy groups -OCH3 is 1. The van der Waals surface area contributed by atoms with Gasteiger partial charge in [-0.2, -0.15) is 0 Å². The van der Waals surface area contributed by atoms with Crippen LogP contribution in [-0.4, -0.2) is 12.9 Å². The van der Waals surface area contributed by atoms with Gasteiger partial charge < -0.3 is 4.74 Å². The molecule has 0 saturated carbocycles. The van der Waals surface area contributed by atoms with Crippen LogP contribution in [0.2, 0.25) is 0 Å². The molecule has 2 aromatic rings. The zero-order valence-electron chi connectivity index (χ0n) is 11.4. The molecular formula is C17H17BrO2. The minimum Gasteiger partial charge on any atom is -0.496 e. The first-order valence-electron chi connectivity index (χ1n) is 6.61. The molecule has 0 unspecified atom stereocenters. The van der Waals surface area contributed by atoms with Crippen molar-refractivity contribution in [3.05, 3.63) is 64.1 Å². The molecule has 0 N–H and O–H groups in total. The van der Waals surface area contributed by atoms with E-state index in [0.29, 0.717) is 6.42 Å². The van der Waals surface area contributed by atoms with Crippen molar-refractivity contribution < 1.29 is 9.53 Å². The Hall–Kier alpha value is -1.61. The molecule has 3 heteroatoms. The Kier molecular flexibility index (Phi) is 5.36.